The van der Waals surface area contributed by atoms with E-state index in [9.17, 15) is 4.79 Å². The third-order valence-corrected chi connectivity index (χ3v) is 4.14. The van der Waals surface area contributed by atoms with Gasteiger partial charge in [0.2, 0.25) is 5.91 Å². The van der Waals surface area contributed by atoms with Gasteiger partial charge in [-0.1, -0.05) is 24.3 Å². The molecule has 1 fully saturated rings. The monoisotopic (exact) mass is 261 g/mol. The number of nitrogens with two attached hydrogens (primary N) is 2. The summed E-state index contributed by atoms with van der Waals surface area (Å²) in [5.41, 5.74) is 13.9. The Labute approximate surface area is 114 Å². The lowest BCUT2D eigenvalue weighted by Crippen LogP contribution is -2.42. The first-order chi connectivity index (χ1) is 9.13. The minimum absolute atomic E-state index is 0.0338. The van der Waals surface area contributed by atoms with Crippen molar-refractivity contribution in [1.29, 1.82) is 0 Å². The van der Waals surface area contributed by atoms with Crippen LogP contribution in [0.4, 0.5) is 0 Å². The van der Waals surface area contributed by atoms with Crippen LogP contribution in [-0.2, 0) is 4.79 Å². The first-order valence-corrected chi connectivity index (χ1v) is 6.92. The summed E-state index contributed by atoms with van der Waals surface area (Å²) in [6.45, 7) is 4.51. The molecule has 1 aliphatic heterocycles. The molecule has 1 aromatic carbocycles. The van der Waals surface area contributed by atoms with Crippen LogP contribution < -0.4 is 11.5 Å². The van der Waals surface area contributed by atoms with Gasteiger partial charge in [0.15, 0.2) is 0 Å². The highest BCUT2D eigenvalue weighted by Gasteiger charge is 2.28. The molecule has 1 atom stereocenters. The van der Waals surface area contributed by atoms with Gasteiger partial charge in [-0.2, -0.15) is 0 Å². The van der Waals surface area contributed by atoms with Crippen LogP contribution in [0.2, 0.25) is 0 Å². The number of benzene rings is 1. The van der Waals surface area contributed by atoms with Crippen LogP contribution in [0.25, 0.3) is 0 Å². The van der Waals surface area contributed by atoms with E-state index in [-0.39, 0.29) is 17.9 Å². The molecule has 4 heteroatoms. The van der Waals surface area contributed by atoms with Gasteiger partial charge >= 0.3 is 0 Å². The Morgan fingerprint density at radius 1 is 1.37 bits per heavy atom. The number of hydrogen-bond acceptors (Lipinski definition) is 3. The summed E-state index contributed by atoms with van der Waals surface area (Å²) in [6, 6.07) is 8.61. The lowest BCUT2D eigenvalue weighted by Gasteiger charge is -2.37. The van der Waals surface area contributed by atoms with Crippen molar-refractivity contribution in [2.24, 2.45) is 17.4 Å². The number of hydrogen-bond donors (Lipinski definition) is 2. The predicted molar refractivity (Wildman–Crippen MR) is 76.5 cm³/mol. The van der Waals surface area contributed by atoms with Crippen LogP contribution in [0.3, 0.4) is 0 Å². The molecule has 104 valence electrons. The van der Waals surface area contributed by atoms with Gasteiger partial charge in [-0.25, -0.2) is 0 Å². The molecular formula is C15H23N3O. The van der Waals surface area contributed by atoms with E-state index < -0.39 is 0 Å². The second-order valence-corrected chi connectivity index (χ2v) is 5.32. The molecule has 19 heavy (non-hydrogen) atoms. The topological polar surface area (TPSA) is 72.3 Å². The maximum atomic E-state index is 11.2. The molecule has 0 saturated carbocycles. The molecule has 4 nitrogen and oxygen atoms in total. The van der Waals surface area contributed by atoms with Crippen molar-refractivity contribution < 1.29 is 4.79 Å². The fourth-order valence-corrected chi connectivity index (χ4v) is 2.93. The van der Waals surface area contributed by atoms with Gasteiger partial charge in [0, 0.05) is 18.5 Å². The maximum absolute atomic E-state index is 11.2. The van der Waals surface area contributed by atoms with E-state index in [1.54, 1.807) is 0 Å². The fraction of sp³-hybridized carbons (Fsp3) is 0.533. The smallest absolute Gasteiger partial charge is 0.220 e. The van der Waals surface area contributed by atoms with Crippen molar-refractivity contribution in [1.82, 2.24) is 4.90 Å². The fourth-order valence-electron chi connectivity index (χ4n) is 2.93. The number of primary amides is 1. The number of carbonyl (C=O) groups is 1. The summed E-state index contributed by atoms with van der Waals surface area (Å²) in [6.07, 6.45) is 1.69. The molecule has 0 radical (unpaired) electrons. The number of nitrogens with zero attached hydrogens (tertiary/aromatic N) is 1. The van der Waals surface area contributed by atoms with Crippen LogP contribution >= 0.6 is 0 Å². The lowest BCUT2D eigenvalue weighted by atomic mass is 9.92. The van der Waals surface area contributed by atoms with E-state index in [0.717, 1.165) is 25.9 Å². The van der Waals surface area contributed by atoms with Gasteiger partial charge in [0.05, 0.1) is 0 Å². The normalized spacial score (nSPS) is 19.3. The number of rotatable bonds is 4. The average Bonchev–Trinajstić information content (AvgIpc) is 2.42. The number of amides is 1. The number of likely N-dealkylation sites (tertiary alicyclic amines) is 1. The summed E-state index contributed by atoms with van der Waals surface area (Å²) in [4.78, 5) is 13.6. The van der Waals surface area contributed by atoms with E-state index in [0.29, 0.717) is 6.54 Å². The standard InChI is InChI=1S/C15H23N3O/c1-11-4-2-3-5-13(11)14(10-16)18-8-6-12(7-9-18)15(17)19/h2-5,12,14H,6-10,16H2,1H3,(H2,17,19). The molecule has 4 N–H and O–H groups in total. The second-order valence-electron chi connectivity index (χ2n) is 5.32. The molecule has 2 rings (SSSR count). The molecule has 1 unspecified atom stereocenters. The quantitative estimate of drug-likeness (QED) is 0.855. The molecule has 0 aliphatic carbocycles. The molecule has 0 spiro atoms. The molecule has 1 aliphatic rings. The van der Waals surface area contributed by atoms with Gasteiger partial charge in [-0.3, -0.25) is 9.69 Å². The predicted octanol–water partition coefficient (Wildman–Crippen LogP) is 1.19. The Bertz CT molecular complexity index is 439. The zero-order valence-electron chi connectivity index (χ0n) is 11.5. The van der Waals surface area contributed by atoms with Crippen LogP contribution in [0.15, 0.2) is 24.3 Å². The summed E-state index contributed by atoms with van der Waals surface area (Å²) in [5.74, 6) is -0.133. The first-order valence-electron chi connectivity index (χ1n) is 6.92. The van der Waals surface area contributed by atoms with E-state index in [1.807, 2.05) is 6.07 Å². The summed E-state index contributed by atoms with van der Waals surface area (Å²) < 4.78 is 0. The van der Waals surface area contributed by atoms with Crippen molar-refractivity contribution in [3.63, 3.8) is 0 Å². The Hall–Kier alpha value is -1.39. The van der Waals surface area contributed by atoms with Crippen molar-refractivity contribution in [3.8, 4) is 0 Å². The lowest BCUT2D eigenvalue weighted by molar-refractivity contribution is -0.123. The van der Waals surface area contributed by atoms with Crippen molar-refractivity contribution >= 4 is 5.91 Å². The molecule has 1 aromatic rings. The Morgan fingerprint density at radius 3 is 2.53 bits per heavy atom. The van der Waals surface area contributed by atoms with Gasteiger partial charge in [0.25, 0.3) is 0 Å². The number of piperidine rings is 1. The van der Waals surface area contributed by atoms with Crippen LogP contribution in [0.5, 0.6) is 0 Å². The molecule has 1 amide bonds. The van der Waals surface area contributed by atoms with E-state index in [4.69, 9.17) is 11.5 Å². The highest BCUT2D eigenvalue weighted by atomic mass is 16.1. The van der Waals surface area contributed by atoms with Gasteiger partial charge in [-0.15, -0.1) is 0 Å². The minimum Gasteiger partial charge on any atom is -0.369 e. The highest BCUT2D eigenvalue weighted by Crippen LogP contribution is 2.27. The van der Waals surface area contributed by atoms with Crippen LogP contribution in [0.1, 0.15) is 30.0 Å². The van der Waals surface area contributed by atoms with Crippen LogP contribution in [0, 0.1) is 12.8 Å². The average molecular weight is 261 g/mol. The van der Waals surface area contributed by atoms with Crippen molar-refractivity contribution in [2.75, 3.05) is 19.6 Å². The minimum atomic E-state index is -0.167. The van der Waals surface area contributed by atoms with E-state index >= 15 is 0 Å². The summed E-state index contributed by atoms with van der Waals surface area (Å²) in [5, 5.41) is 0. The number of aryl methyl sites for hydroxylation is 1. The van der Waals surface area contributed by atoms with Crippen molar-refractivity contribution in [3.05, 3.63) is 35.4 Å². The molecular weight excluding hydrogens is 238 g/mol. The first kappa shape index (κ1) is 14.0. The van der Waals surface area contributed by atoms with Gasteiger partial charge < -0.3 is 11.5 Å². The van der Waals surface area contributed by atoms with E-state index in [2.05, 4.69) is 30.0 Å². The van der Waals surface area contributed by atoms with Crippen molar-refractivity contribution in [2.45, 2.75) is 25.8 Å². The van der Waals surface area contributed by atoms with Gasteiger partial charge in [0.1, 0.15) is 0 Å². The number of carbonyl (C=O) groups excluding carboxylic acids is 1. The second kappa shape index (κ2) is 6.17. The Balaban J connectivity index is 2.08. The Morgan fingerprint density at radius 2 is 2.00 bits per heavy atom. The molecule has 1 heterocycles. The SMILES string of the molecule is Cc1ccccc1C(CN)N1CCC(C(N)=O)CC1. The molecule has 0 bridgehead atoms. The highest BCUT2D eigenvalue weighted by molar-refractivity contribution is 5.76. The largest absolute Gasteiger partial charge is 0.369 e. The molecule has 1 saturated heterocycles. The van der Waals surface area contributed by atoms with E-state index in [1.165, 1.54) is 11.1 Å². The van der Waals surface area contributed by atoms with Gasteiger partial charge in [-0.05, 0) is 44.0 Å². The zero-order chi connectivity index (χ0) is 13.8. The Kier molecular flexibility index (Phi) is 4.56. The zero-order valence-corrected chi connectivity index (χ0v) is 11.5. The summed E-state index contributed by atoms with van der Waals surface area (Å²) in [7, 11) is 0. The third kappa shape index (κ3) is 3.14. The maximum Gasteiger partial charge on any atom is 0.220 e. The molecule has 0 aromatic heterocycles. The summed E-state index contributed by atoms with van der Waals surface area (Å²) >= 11 is 0. The van der Waals surface area contributed by atoms with Crippen LogP contribution in [-0.4, -0.2) is 30.4 Å². The third-order valence-electron chi connectivity index (χ3n) is 4.14.